The van der Waals surface area contributed by atoms with Crippen LogP contribution >= 0.6 is 0 Å². The molecule has 1 rings (SSSR count). The van der Waals surface area contributed by atoms with Crippen molar-refractivity contribution in [1.82, 2.24) is 4.90 Å². The van der Waals surface area contributed by atoms with E-state index in [0.29, 0.717) is 25.9 Å². The van der Waals surface area contributed by atoms with E-state index in [1.54, 1.807) is 0 Å². The maximum absolute atomic E-state index is 10.8. The van der Waals surface area contributed by atoms with E-state index in [0.717, 1.165) is 0 Å². The van der Waals surface area contributed by atoms with Crippen molar-refractivity contribution in [1.29, 1.82) is 0 Å². The minimum absolute atomic E-state index is 0.201. The lowest BCUT2D eigenvalue weighted by Crippen LogP contribution is -2.40. The third-order valence-electron chi connectivity index (χ3n) is 1.81. The number of piperidine rings is 1. The first-order valence-corrected chi connectivity index (χ1v) is 3.64. The first kappa shape index (κ1) is 8.20. The van der Waals surface area contributed by atoms with Gasteiger partial charge in [-0.1, -0.05) is 0 Å². The molecular formula is C7H11NO3. The molecule has 1 amide bonds. The van der Waals surface area contributed by atoms with Crippen LogP contribution in [0, 0.1) is 0 Å². The van der Waals surface area contributed by atoms with E-state index in [4.69, 9.17) is 5.11 Å². The molecule has 0 aliphatic carbocycles. The number of amides is 1. The third kappa shape index (κ3) is 2.01. The molecule has 0 saturated carbocycles. The maximum Gasteiger partial charge on any atom is 0.248 e. The zero-order valence-electron chi connectivity index (χ0n) is 6.25. The van der Waals surface area contributed by atoms with E-state index in [1.165, 1.54) is 4.90 Å². The first-order chi connectivity index (χ1) is 5.24. The Morgan fingerprint density at radius 1 is 1.45 bits per heavy atom. The Morgan fingerprint density at radius 3 is 2.45 bits per heavy atom. The molecule has 0 atom stereocenters. The lowest BCUT2D eigenvalue weighted by Gasteiger charge is -2.24. The molecule has 11 heavy (non-hydrogen) atoms. The Kier molecular flexibility index (Phi) is 2.59. The van der Waals surface area contributed by atoms with E-state index >= 15 is 0 Å². The number of Topliss-reactive ketones (excluding diaryl/α,β-unsaturated/α-hetero) is 1. The van der Waals surface area contributed by atoms with Crippen LogP contribution in [0.15, 0.2) is 0 Å². The molecule has 0 unspecified atom stereocenters. The van der Waals surface area contributed by atoms with Crippen LogP contribution in [0.3, 0.4) is 0 Å². The molecule has 62 valence electrons. The molecule has 0 aromatic rings. The predicted molar refractivity (Wildman–Crippen MR) is 37.9 cm³/mol. The Hall–Kier alpha value is -0.900. The van der Waals surface area contributed by atoms with E-state index in [-0.39, 0.29) is 11.7 Å². The Morgan fingerprint density at radius 2 is 2.00 bits per heavy atom. The Labute approximate surface area is 64.8 Å². The minimum Gasteiger partial charge on any atom is -0.387 e. The summed E-state index contributed by atoms with van der Waals surface area (Å²) in [6, 6.07) is 0. The predicted octanol–water partition coefficient (Wildman–Crippen LogP) is -0.830. The fraction of sp³-hybridized carbons (Fsp3) is 0.714. The first-order valence-electron chi connectivity index (χ1n) is 3.64. The van der Waals surface area contributed by atoms with Crippen LogP contribution in [0.5, 0.6) is 0 Å². The van der Waals surface area contributed by atoms with Gasteiger partial charge in [-0.15, -0.1) is 0 Å². The monoisotopic (exact) mass is 157 g/mol. The number of hydrogen-bond acceptors (Lipinski definition) is 3. The fourth-order valence-electron chi connectivity index (χ4n) is 1.11. The van der Waals surface area contributed by atoms with E-state index in [1.807, 2.05) is 0 Å². The lowest BCUT2D eigenvalue weighted by atomic mass is 10.1. The van der Waals surface area contributed by atoms with Crippen LogP contribution < -0.4 is 0 Å². The number of carbonyl (C=O) groups is 2. The number of likely N-dealkylation sites (tertiary alicyclic amines) is 1. The van der Waals surface area contributed by atoms with Crippen LogP contribution in [0.1, 0.15) is 12.8 Å². The number of hydrogen-bond donors (Lipinski definition) is 1. The van der Waals surface area contributed by atoms with Crippen molar-refractivity contribution in [2.75, 3.05) is 19.7 Å². The van der Waals surface area contributed by atoms with Gasteiger partial charge in [0.25, 0.3) is 0 Å². The summed E-state index contributed by atoms with van der Waals surface area (Å²) in [7, 11) is 0. The van der Waals surface area contributed by atoms with Gasteiger partial charge in [-0.2, -0.15) is 0 Å². The lowest BCUT2D eigenvalue weighted by molar-refractivity contribution is -0.137. The summed E-state index contributed by atoms with van der Waals surface area (Å²) in [4.78, 5) is 23.1. The van der Waals surface area contributed by atoms with Crippen molar-refractivity contribution in [3.8, 4) is 0 Å². The second-order valence-electron chi connectivity index (χ2n) is 2.58. The van der Waals surface area contributed by atoms with Gasteiger partial charge in [-0.3, -0.25) is 9.59 Å². The van der Waals surface area contributed by atoms with Gasteiger partial charge in [0.05, 0.1) is 0 Å². The molecule has 0 spiro atoms. The highest BCUT2D eigenvalue weighted by Crippen LogP contribution is 2.04. The summed E-state index contributed by atoms with van der Waals surface area (Å²) in [5, 5.41) is 8.48. The van der Waals surface area contributed by atoms with Crippen LogP contribution in [-0.4, -0.2) is 41.4 Å². The second-order valence-corrected chi connectivity index (χ2v) is 2.58. The fourth-order valence-corrected chi connectivity index (χ4v) is 1.11. The van der Waals surface area contributed by atoms with Crippen LogP contribution in [0.2, 0.25) is 0 Å². The molecule has 0 radical (unpaired) electrons. The Balaban J connectivity index is 2.39. The highest BCUT2D eigenvalue weighted by Gasteiger charge is 2.19. The van der Waals surface area contributed by atoms with Crippen molar-refractivity contribution in [2.45, 2.75) is 12.8 Å². The Bertz CT molecular complexity index is 169. The average molecular weight is 157 g/mol. The molecule has 1 aliphatic rings. The molecule has 0 aromatic heterocycles. The van der Waals surface area contributed by atoms with Crippen LogP contribution in [-0.2, 0) is 9.59 Å². The van der Waals surface area contributed by atoms with Gasteiger partial charge in [-0.05, 0) is 0 Å². The number of carbonyl (C=O) groups excluding carboxylic acids is 2. The van der Waals surface area contributed by atoms with E-state index in [9.17, 15) is 9.59 Å². The highest BCUT2D eigenvalue weighted by atomic mass is 16.3. The zero-order chi connectivity index (χ0) is 8.27. The average Bonchev–Trinajstić information content (AvgIpc) is 2.05. The van der Waals surface area contributed by atoms with Gasteiger partial charge in [0.1, 0.15) is 12.4 Å². The van der Waals surface area contributed by atoms with Gasteiger partial charge in [0.2, 0.25) is 5.91 Å². The number of rotatable bonds is 1. The summed E-state index contributed by atoms with van der Waals surface area (Å²) < 4.78 is 0. The third-order valence-corrected chi connectivity index (χ3v) is 1.81. The maximum atomic E-state index is 10.8. The number of nitrogens with zero attached hydrogens (tertiary/aromatic N) is 1. The van der Waals surface area contributed by atoms with Gasteiger partial charge in [-0.25, -0.2) is 0 Å². The molecule has 1 fully saturated rings. The van der Waals surface area contributed by atoms with Crippen LogP contribution in [0.25, 0.3) is 0 Å². The molecule has 1 heterocycles. The molecular weight excluding hydrogens is 146 g/mol. The number of aliphatic hydroxyl groups is 1. The largest absolute Gasteiger partial charge is 0.387 e. The van der Waals surface area contributed by atoms with Crippen molar-refractivity contribution in [2.24, 2.45) is 0 Å². The van der Waals surface area contributed by atoms with Crippen molar-refractivity contribution in [3.63, 3.8) is 0 Å². The molecule has 0 aromatic carbocycles. The molecule has 0 bridgehead atoms. The quantitative estimate of drug-likeness (QED) is 0.540. The van der Waals surface area contributed by atoms with Crippen molar-refractivity contribution < 1.29 is 14.7 Å². The normalized spacial score (nSPS) is 18.6. The summed E-state index contributed by atoms with van der Waals surface area (Å²) in [6.45, 7) is 0.491. The summed E-state index contributed by atoms with van der Waals surface area (Å²) in [5.41, 5.74) is 0. The molecule has 1 aliphatic heterocycles. The van der Waals surface area contributed by atoms with Gasteiger partial charge in [0, 0.05) is 25.9 Å². The molecule has 4 heteroatoms. The second kappa shape index (κ2) is 3.48. The summed E-state index contributed by atoms with van der Waals surface area (Å²) in [5.74, 6) is -0.0792. The minimum atomic E-state index is -0.450. The summed E-state index contributed by atoms with van der Waals surface area (Å²) in [6.07, 6.45) is 0.872. The van der Waals surface area contributed by atoms with Gasteiger partial charge < -0.3 is 10.0 Å². The topological polar surface area (TPSA) is 57.6 Å². The number of ketones is 1. The SMILES string of the molecule is O=C1CCN(C(=O)CO)CC1. The highest BCUT2D eigenvalue weighted by molar-refractivity contribution is 5.83. The molecule has 1 saturated heterocycles. The van der Waals surface area contributed by atoms with Crippen LogP contribution in [0.4, 0.5) is 0 Å². The number of aliphatic hydroxyl groups excluding tert-OH is 1. The summed E-state index contributed by atoms with van der Waals surface area (Å²) >= 11 is 0. The molecule has 1 N–H and O–H groups in total. The van der Waals surface area contributed by atoms with Gasteiger partial charge >= 0.3 is 0 Å². The van der Waals surface area contributed by atoms with Crippen molar-refractivity contribution >= 4 is 11.7 Å². The van der Waals surface area contributed by atoms with E-state index in [2.05, 4.69) is 0 Å². The molecule has 4 nitrogen and oxygen atoms in total. The van der Waals surface area contributed by atoms with E-state index < -0.39 is 6.61 Å². The van der Waals surface area contributed by atoms with Crippen molar-refractivity contribution in [3.05, 3.63) is 0 Å². The standard InChI is InChI=1S/C7H11NO3/c9-5-7(11)8-3-1-6(10)2-4-8/h9H,1-5H2. The zero-order valence-corrected chi connectivity index (χ0v) is 6.25. The van der Waals surface area contributed by atoms with Gasteiger partial charge in [0.15, 0.2) is 0 Å². The smallest absolute Gasteiger partial charge is 0.248 e.